The molecule has 1 rings (SSSR count). The second-order valence-electron chi connectivity index (χ2n) is 8.57. The fourth-order valence-corrected chi connectivity index (χ4v) is 3.52. The van der Waals surface area contributed by atoms with Gasteiger partial charge < -0.3 is 14.0 Å². The van der Waals surface area contributed by atoms with Gasteiger partial charge in [0.15, 0.2) is 8.32 Å². The fraction of sp³-hybridized carbons (Fsp3) is 0.875. The molecule has 0 N–H and O–H groups in total. The minimum absolute atomic E-state index is 0.0939. The predicted octanol–water partition coefficient (Wildman–Crippen LogP) is 3.59. The molecular weight excluding hydrogens is 298 g/mol. The van der Waals surface area contributed by atoms with Crippen LogP contribution in [0.4, 0.5) is 4.79 Å². The number of likely N-dealkylation sites (tertiary alicyclic amines) is 1. The molecule has 0 aromatic rings. The number of carbonyl (C=O) groups is 2. The Morgan fingerprint density at radius 1 is 1.18 bits per heavy atom. The Bertz CT molecular complexity index is 423. The molecule has 0 spiro atoms. The molecule has 6 heteroatoms. The van der Waals surface area contributed by atoms with Crippen LogP contribution in [0.2, 0.25) is 18.1 Å². The van der Waals surface area contributed by atoms with Crippen molar-refractivity contribution in [1.82, 2.24) is 4.90 Å². The van der Waals surface area contributed by atoms with Crippen LogP contribution >= 0.6 is 0 Å². The first-order valence-corrected chi connectivity index (χ1v) is 10.8. The molecule has 1 heterocycles. The Morgan fingerprint density at radius 2 is 1.73 bits per heavy atom. The van der Waals surface area contributed by atoms with Gasteiger partial charge in [0.1, 0.15) is 11.9 Å². The van der Waals surface area contributed by atoms with Crippen molar-refractivity contribution in [1.29, 1.82) is 0 Å². The van der Waals surface area contributed by atoms with Crippen LogP contribution < -0.4 is 0 Å². The summed E-state index contributed by atoms with van der Waals surface area (Å²) in [5.41, 5.74) is -0.567. The Labute approximate surface area is 135 Å². The average Bonchev–Trinajstić information content (AvgIpc) is 2.67. The molecule has 22 heavy (non-hydrogen) atoms. The van der Waals surface area contributed by atoms with Crippen LogP contribution in [0.1, 0.15) is 48.0 Å². The molecule has 0 unspecified atom stereocenters. The highest BCUT2D eigenvalue weighted by Gasteiger charge is 2.44. The summed E-state index contributed by atoms with van der Waals surface area (Å²) in [7, 11) is -1.92. The van der Waals surface area contributed by atoms with Crippen molar-refractivity contribution in [2.24, 2.45) is 0 Å². The lowest BCUT2D eigenvalue weighted by molar-refractivity contribution is -0.111. The number of rotatable bonds is 3. The Hall–Kier alpha value is -0.883. The summed E-state index contributed by atoms with van der Waals surface area (Å²) in [5.74, 6) is 0. The Balaban J connectivity index is 2.77. The zero-order valence-corrected chi connectivity index (χ0v) is 16.2. The van der Waals surface area contributed by atoms with E-state index in [-0.39, 0.29) is 11.1 Å². The monoisotopic (exact) mass is 329 g/mol. The van der Waals surface area contributed by atoms with E-state index in [2.05, 4.69) is 33.9 Å². The van der Waals surface area contributed by atoms with Crippen molar-refractivity contribution in [3.8, 4) is 0 Å². The number of ether oxygens (including phenoxy) is 1. The van der Waals surface area contributed by atoms with Crippen molar-refractivity contribution < 1.29 is 18.8 Å². The number of carbonyl (C=O) groups excluding carboxylic acids is 2. The molecule has 128 valence electrons. The summed E-state index contributed by atoms with van der Waals surface area (Å²) in [6.07, 6.45) is 0.836. The molecule has 0 aromatic heterocycles. The molecule has 0 saturated carbocycles. The van der Waals surface area contributed by atoms with Gasteiger partial charge >= 0.3 is 6.09 Å². The van der Waals surface area contributed by atoms with E-state index >= 15 is 0 Å². The smallest absolute Gasteiger partial charge is 0.410 e. The lowest BCUT2D eigenvalue weighted by atomic mass is 10.2. The van der Waals surface area contributed by atoms with E-state index in [1.54, 1.807) is 0 Å². The lowest BCUT2D eigenvalue weighted by Crippen LogP contribution is -2.45. The molecule has 2 atom stereocenters. The van der Waals surface area contributed by atoms with Gasteiger partial charge in [-0.2, -0.15) is 0 Å². The second kappa shape index (κ2) is 6.32. The van der Waals surface area contributed by atoms with Gasteiger partial charge in [-0.05, 0) is 38.9 Å². The van der Waals surface area contributed by atoms with Crippen molar-refractivity contribution in [3.05, 3.63) is 0 Å². The largest absolute Gasteiger partial charge is 0.444 e. The summed E-state index contributed by atoms with van der Waals surface area (Å²) in [6.45, 7) is 16.8. The van der Waals surface area contributed by atoms with E-state index in [4.69, 9.17) is 9.16 Å². The summed E-state index contributed by atoms with van der Waals surface area (Å²) < 4.78 is 11.7. The van der Waals surface area contributed by atoms with E-state index < -0.39 is 26.1 Å². The summed E-state index contributed by atoms with van der Waals surface area (Å²) in [6, 6.07) is -0.454. The summed E-state index contributed by atoms with van der Waals surface area (Å²) in [4.78, 5) is 25.0. The number of hydrogen-bond acceptors (Lipinski definition) is 4. The van der Waals surface area contributed by atoms with E-state index in [1.807, 2.05) is 20.8 Å². The van der Waals surface area contributed by atoms with Crippen molar-refractivity contribution in [3.63, 3.8) is 0 Å². The first kappa shape index (κ1) is 19.2. The van der Waals surface area contributed by atoms with Gasteiger partial charge in [0.2, 0.25) is 0 Å². The first-order valence-electron chi connectivity index (χ1n) is 7.89. The van der Waals surface area contributed by atoms with Gasteiger partial charge in [0, 0.05) is 13.0 Å². The van der Waals surface area contributed by atoms with Crippen LogP contribution in [-0.4, -0.2) is 49.9 Å². The molecule has 0 bridgehead atoms. The third-order valence-electron chi connectivity index (χ3n) is 4.36. The van der Waals surface area contributed by atoms with Gasteiger partial charge in [0.05, 0.1) is 12.1 Å². The maximum absolute atomic E-state index is 12.2. The molecule has 1 amide bonds. The van der Waals surface area contributed by atoms with Gasteiger partial charge in [0.25, 0.3) is 0 Å². The highest BCUT2D eigenvalue weighted by atomic mass is 28.4. The highest BCUT2D eigenvalue weighted by Crippen LogP contribution is 2.38. The normalized spacial score (nSPS) is 23.5. The van der Waals surface area contributed by atoms with Crippen LogP contribution in [0.25, 0.3) is 0 Å². The van der Waals surface area contributed by atoms with Gasteiger partial charge in [-0.25, -0.2) is 4.79 Å². The SMILES string of the molecule is CC(C)(C)OC(=O)N1C[C@@H](O[Si](C)(C)C(C)(C)C)C[C@@H]1C=O. The number of amides is 1. The first-order chi connectivity index (χ1) is 9.77. The van der Waals surface area contributed by atoms with Crippen LogP contribution in [0.15, 0.2) is 0 Å². The van der Waals surface area contributed by atoms with Crippen LogP contribution in [0, 0.1) is 0 Å². The van der Waals surface area contributed by atoms with E-state index in [0.717, 1.165) is 6.29 Å². The predicted molar refractivity (Wildman–Crippen MR) is 89.5 cm³/mol. The molecule has 1 saturated heterocycles. The molecule has 0 aliphatic carbocycles. The summed E-state index contributed by atoms with van der Waals surface area (Å²) in [5, 5.41) is 0.100. The molecule has 1 fully saturated rings. The maximum atomic E-state index is 12.2. The Kier molecular flexibility index (Phi) is 5.50. The fourth-order valence-electron chi connectivity index (χ4n) is 2.16. The number of aldehydes is 1. The molecule has 1 aliphatic heterocycles. The van der Waals surface area contributed by atoms with E-state index in [9.17, 15) is 9.59 Å². The molecule has 1 aliphatic rings. The van der Waals surface area contributed by atoms with Crippen LogP contribution in [0.3, 0.4) is 0 Å². The third kappa shape index (κ3) is 4.81. The van der Waals surface area contributed by atoms with Crippen molar-refractivity contribution in [2.45, 2.75) is 83.8 Å². The molecular formula is C16H31NO4Si. The minimum Gasteiger partial charge on any atom is -0.444 e. The van der Waals surface area contributed by atoms with Crippen LogP contribution in [0.5, 0.6) is 0 Å². The minimum atomic E-state index is -1.92. The molecule has 0 aromatic carbocycles. The zero-order valence-electron chi connectivity index (χ0n) is 15.2. The third-order valence-corrected chi connectivity index (χ3v) is 8.89. The number of nitrogens with zero attached hydrogens (tertiary/aromatic N) is 1. The zero-order chi connectivity index (χ0) is 17.3. The average molecular weight is 330 g/mol. The lowest BCUT2D eigenvalue weighted by Gasteiger charge is -2.38. The molecule has 0 radical (unpaired) electrons. The van der Waals surface area contributed by atoms with Gasteiger partial charge in [-0.15, -0.1) is 0 Å². The van der Waals surface area contributed by atoms with Crippen molar-refractivity contribution >= 4 is 20.7 Å². The second-order valence-corrected chi connectivity index (χ2v) is 13.3. The summed E-state index contributed by atoms with van der Waals surface area (Å²) >= 11 is 0. The van der Waals surface area contributed by atoms with Gasteiger partial charge in [-0.1, -0.05) is 20.8 Å². The highest BCUT2D eigenvalue weighted by molar-refractivity contribution is 6.74. The Morgan fingerprint density at radius 3 is 2.14 bits per heavy atom. The van der Waals surface area contributed by atoms with E-state index in [1.165, 1.54) is 4.90 Å². The number of hydrogen-bond donors (Lipinski definition) is 0. The molecule has 5 nitrogen and oxygen atoms in total. The maximum Gasteiger partial charge on any atom is 0.410 e. The van der Waals surface area contributed by atoms with Crippen molar-refractivity contribution in [2.75, 3.05) is 6.54 Å². The standard InChI is InChI=1S/C16H31NO4Si/c1-15(2,3)20-14(19)17-10-13(9-12(17)11-18)21-22(7,8)16(4,5)6/h11-13H,9-10H2,1-8H3/t12-,13+/m1/s1. The van der Waals surface area contributed by atoms with E-state index in [0.29, 0.717) is 13.0 Å². The topological polar surface area (TPSA) is 55.8 Å². The quantitative estimate of drug-likeness (QED) is 0.586. The van der Waals surface area contributed by atoms with Crippen LogP contribution in [-0.2, 0) is 14.0 Å². The van der Waals surface area contributed by atoms with Gasteiger partial charge in [-0.3, -0.25) is 4.90 Å².